The Morgan fingerprint density at radius 3 is 2.71 bits per heavy atom. The third-order valence-corrected chi connectivity index (χ3v) is 3.64. The van der Waals surface area contributed by atoms with E-state index in [0.717, 1.165) is 23.0 Å². The van der Waals surface area contributed by atoms with Gasteiger partial charge in [0, 0.05) is 23.3 Å². The average Bonchev–Trinajstić information content (AvgIpc) is 2.55. The number of ether oxygens (including phenoxy) is 1. The predicted molar refractivity (Wildman–Crippen MR) is 102 cm³/mol. The van der Waals surface area contributed by atoms with Gasteiger partial charge in [-0.25, -0.2) is 0 Å². The lowest BCUT2D eigenvalue weighted by Crippen LogP contribution is -2.43. The zero-order valence-electron chi connectivity index (χ0n) is 13.8. The number of unbranched alkanes of at least 4 members (excludes halogenated alkanes) is 1. The van der Waals surface area contributed by atoms with Crippen molar-refractivity contribution in [1.29, 1.82) is 0 Å². The van der Waals surface area contributed by atoms with Crippen LogP contribution in [0.1, 0.15) is 19.8 Å². The van der Waals surface area contributed by atoms with Crippen molar-refractivity contribution in [3.05, 3.63) is 28.7 Å². The number of nitrogens with two attached hydrogens (primary N) is 1. The van der Waals surface area contributed by atoms with E-state index in [-0.39, 0.29) is 37.3 Å². The van der Waals surface area contributed by atoms with Crippen LogP contribution >= 0.6 is 28.3 Å². The van der Waals surface area contributed by atoms with Gasteiger partial charge in [0.2, 0.25) is 11.8 Å². The quantitative estimate of drug-likeness (QED) is 0.566. The van der Waals surface area contributed by atoms with E-state index in [0.29, 0.717) is 19.8 Å². The Morgan fingerprint density at radius 1 is 1.33 bits per heavy atom. The predicted octanol–water partition coefficient (Wildman–Crippen LogP) is 2.10. The minimum atomic E-state index is -0.355. The van der Waals surface area contributed by atoms with Gasteiger partial charge >= 0.3 is 0 Å². The fourth-order valence-corrected chi connectivity index (χ4v) is 2.28. The first-order valence-corrected chi connectivity index (χ1v) is 8.48. The second-order valence-corrected chi connectivity index (χ2v) is 5.89. The van der Waals surface area contributed by atoms with Crippen molar-refractivity contribution >= 4 is 45.8 Å². The number of benzene rings is 1. The van der Waals surface area contributed by atoms with Crippen LogP contribution < -0.4 is 16.0 Å². The summed E-state index contributed by atoms with van der Waals surface area (Å²) >= 11 is 3.40. The Labute approximate surface area is 157 Å². The first-order valence-electron chi connectivity index (χ1n) is 7.69. The molecule has 24 heavy (non-hydrogen) atoms. The van der Waals surface area contributed by atoms with Crippen molar-refractivity contribution in [3.63, 3.8) is 0 Å². The molecule has 8 heteroatoms. The average molecular weight is 423 g/mol. The molecule has 2 amide bonds. The van der Waals surface area contributed by atoms with Gasteiger partial charge < -0.3 is 20.7 Å². The Hall–Kier alpha value is -1.15. The van der Waals surface area contributed by atoms with Gasteiger partial charge in [0.25, 0.3) is 0 Å². The number of carbonyl (C=O) groups is 2. The number of amides is 2. The van der Waals surface area contributed by atoms with E-state index in [4.69, 9.17) is 10.5 Å². The second kappa shape index (κ2) is 13.2. The molecular formula is C16H25BrClN3O3. The maximum atomic E-state index is 12.4. The Morgan fingerprint density at radius 2 is 2.08 bits per heavy atom. The van der Waals surface area contributed by atoms with Crippen LogP contribution in [0.2, 0.25) is 0 Å². The summed E-state index contributed by atoms with van der Waals surface area (Å²) in [6.07, 6.45) is 2.07. The van der Waals surface area contributed by atoms with Gasteiger partial charge in [-0.05, 0) is 24.6 Å². The summed E-state index contributed by atoms with van der Waals surface area (Å²) in [5.74, 6) is -0.560. The maximum Gasteiger partial charge on any atom is 0.246 e. The van der Waals surface area contributed by atoms with Gasteiger partial charge in [-0.15, -0.1) is 12.4 Å². The summed E-state index contributed by atoms with van der Waals surface area (Å²) in [7, 11) is 0. The Bertz CT molecular complexity index is 517. The molecule has 0 radical (unpaired) electrons. The molecule has 3 N–H and O–H groups in total. The normalized spacial score (nSPS) is 9.96. The van der Waals surface area contributed by atoms with Gasteiger partial charge in [-0.3, -0.25) is 9.59 Å². The van der Waals surface area contributed by atoms with Crippen molar-refractivity contribution in [2.24, 2.45) is 5.73 Å². The first-order chi connectivity index (χ1) is 11.1. The molecule has 1 aromatic rings. The molecule has 0 fully saturated rings. The maximum absolute atomic E-state index is 12.4. The molecule has 6 nitrogen and oxygen atoms in total. The van der Waals surface area contributed by atoms with E-state index in [1.807, 2.05) is 24.3 Å². The summed E-state index contributed by atoms with van der Waals surface area (Å²) in [5.41, 5.74) is 5.98. The smallest absolute Gasteiger partial charge is 0.246 e. The largest absolute Gasteiger partial charge is 0.380 e. The number of carbonyl (C=O) groups excluding carboxylic acids is 2. The number of halogens is 2. The molecule has 0 heterocycles. The van der Waals surface area contributed by atoms with Crippen LogP contribution in [0, 0.1) is 0 Å². The lowest BCUT2D eigenvalue weighted by Gasteiger charge is -2.23. The van der Waals surface area contributed by atoms with Gasteiger partial charge in [-0.2, -0.15) is 0 Å². The molecule has 136 valence electrons. The fourth-order valence-electron chi connectivity index (χ4n) is 1.89. The molecule has 0 saturated heterocycles. The van der Waals surface area contributed by atoms with E-state index in [9.17, 15) is 9.59 Å². The topological polar surface area (TPSA) is 84.7 Å². The Kier molecular flexibility index (Phi) is 12.5. The summed E-state index contributed by atoms with van der Waals surface area (Å²) in [6.45, 7) is 3.43. The molecule has 0 bridgehead atoms. The van der Waals surface area contributed by atoms with Crippen LogP contribution in [0.3, 0.4) is 0 Å². The molecule has 1 rings (SSSR count). The zero-order valence-corrected chi connectivity index (χ0v) is 16.2. The van der Waals surface area contributed by atoms with Gasteiger partial charge in [-0.1, -0.05) is 35.3 Å². The summed E-state index contributed by atoms with van der Waals surface area (Å²) in [5, 5.41) is 2.50. The van der Waals surface area contributed by atoms with Gasteiger partial charge in [0.1, 0.15) is 0 Å². The number of nitrogens with zero attached hydrogens (tertiary/aromatic N) is 1. The molecular weight excluding hydrogens is 398 g/mol. The number of anilines is 1. The highest BCUT2D eigenvalue weighted by Crippen LogP contribution is 2.20. The molecule has 0 saturated carbocycles. The fraction of sp³-hybridized carbons (Fsp3) is 0.500. The van der Waals surface area contributed by atoms with Crippen molar-refractivity contribution in [2.45, 2.75) is 19.8 Å². The lowest BCUT2D eigenvalue weighted by molar-refractivity contribution is -0.124. The molecule has 1 aromatic carbocycles. The summed E-state index contributed by atoms with van der Waals surface area (Å²) in [4.78, 5) is 25.2. The van der Waals surface area contributed by atoms with Crippen molar-refractivity contribution in [1.82, 2.24) is 5.32 Å². The molecule has 0 aromatic heterocycles. The van der Waals surface area contributed by atoms with Crippen LogP contribution in [0.4, 0.5) is 5.69 Å². The summed E-state index contributed by atoms with van der Waals surface area (Å²) in [6, 6.07) is 7.45. The molecule has 0 aliphatic carbocycles. The van der Waals surface area contributed by atoms with Crippen LogP contribution in [-0.2, 0) is 14.3 Å². The zero-order chi connectivity index (χ0) is 17.1. The van der Waals surface area contributed by atoms with Crippen molar-refractivity contribution < 1.29 is 14.3 Å². The molecule has 0 aliphatic rings. The van der Waals surface area contributed by atoms with Crippen LogP contribution in [0.5, 0.6) is 0 Å². The van der Waals surface area contributed by atoms with Crippen molar-refractivity contribution in [3.8, 4) is 0 Å². The van der Waals surface area contributed by atoms with Gasteiger partial charge in [0.05, 0.1) is 19.7 Å². The number of nitrogens with one attached hydrogen (secondary N) is 1. The second-order valence-electron chi connectivity index (χ2n) is 4.97. The first kappa shape index (κ1) is 22.9. The van der Waals surface area contributed by atoms with Gasteiger partial charge in [0.15, 0.2) is 0 Å². The molecule has 0 unspecified atom stereocenters. The molecule has 0 spiro atoms. The van der Waals surface area contributed by atoms with Crippen molar-refractivity contribution in [2.75, 3.05) is 37.7 Å². The number of hydrogen-bond acceptors (Lipinski definition) is 4. The van der Waals surface area contributed by atoms with E-state index in [1.54, 1.807) is 4.90 Å². The third kappa shape index (κ3) is 8.63. The Balaban J connectivity index is 0.00000529. The van der Waals surface area contributed by atoms with Crippen LogP contribution in [0.25, 0.3) is 0 Å². The minimum absolute atomic E-state index is 0. The molecule has 0 atom stereocenters. The highest BCUT2D eigenvalue weighted by Gasteiger charge is 2.16. The van der Waals surface area contributed by atoms with E-state index < -0.39 is 0 Å². The highest BCUT2D eigenvalue weighted by atomic mass is 79.9. The van der Waals surface area contributed by atoms with Crippen LogP contribution in [-0.4, -0.2) is 44.7 Å². The van der Waals surface area contributed by atoms with Crippen LogP contribution in [0.15, 0.2) is 28.7 Å². The molecule has 0 aliphatic heterocycles. The standard InChI is InChI=1S/C16H24BrN3O3.ClH/c1-2-3-8-23-9-7-20(14-6-4-5-13(17)10-14)16(22)12-19-15(21)11-18;/h4-6,10H,2-3,7-9,11-12,18H2,1H3,(H,19,21);1H. The third-order valence-electron chi connectivity index (χ3n) is 3.14. The van der Waals surface area contributed by atoms with E-state index >= 15 is 0 Å². The lowest BCUT2D eigenvalue weighted by atomic mass is 10.2. The highest BCUT2D eigenvalue weighted by molar-refractivity contribution is 9.10. The number of hydrogen-bond donors (Lipinski definition) is 2. The van der Waals surface area contributed by atoms with E-state index in [1.165, 1.54) is 0 Å². The number of rotatable bonds is 10. The van der Waals surface area contributed by atoms with E-state index in [2.05, 4.69) is 28.2 Å². The minimum Gasteiger partial charge on any atom is -0.380 e. The monoisotopic (exact) mass is 421 g/mol. The SMILES string of the molecule is CCCCOCCN(C(=O)CNC(=O)CN)c1cccc(Br)c1.Cl. The summed E-state index contributed by atoms with van der Waals surface area (Å²) < 4.78 is 6.42.